The molecule has 0 bridgehead atoms. The molecule has 27 heavy (non-hydrogen) atoms. The van der Waals surface area contributed by atoms with Crippen molar-refractivity contribution < 1.29 is 16.8 Å². The number of hydrogen-bond donors (Lipinski definition) is 3. The maximum absolute atomic E-state index is 8.90. The number of aliphatic hydroxyl groups is 1. The van der Waals surface area contributed by atoms with Crippen molar-refractivity contribution in [2.75, 3.05) is 25.5 Å². The summed E-state index contributed by atoms with van der Waals surface area (Å²) in [4.78, 5) is 5.78. The zero-order valence-corrected chi connectivity index (χ0v) is 14.8. The Hall–Kier alpha value is -2.68. The number of benzene rings is 1. The third kappa shape index (κ3) is 3.73. The van der Waals surface area contributed by atoms with Crippen molar-refractivity contribution in [1.29, 1.82) is 1.43 Å². The summed E-state index contributed by atoms with van der Waals surface area (Å²) in [7, 11) is 1.54. The Bertz CT molecular complexity index is 1120. The van der Waals surface area contributed by atoms with Gasteiger partial charge in [0.05, 0.1) is 13.2 Å². The van der Waals surface area contributed by atoms with E-state index < -0.39 is 18.6 Å². The average Bonchev–Trinajstić information content (AvgIpc) is 3.28. The molecule has 0 radical (unpaired) electrons. The lowest BCUT2D eigenvalue weighted by Crippen LogP contribution is -2.50. The molecule has 3 aromatic rings. The Morgan fingerprint density at radius 2 is 2.52 bits per heavy atom. The van der Waals surface area contributed by atoms with E-state index in [1.165, 1.54) is 22.9 Å². The van der Waals surface area contributed by atoms with Crippen LogP contribution in [0, 0.1) is 0 Å². The van der Waals surface area contributed by atoms with E-state index in [1.54, 1.807) is 36.5 Å². The highest BCUT2D eigenvalue weighted by Gasteiger charge is 2.25. The van der Waals surface area contributed by atoms with Gasteiger partial charge in [0.1, 0.15) is 20.4 Å². The van der Waals surface area contributed by atoms with E-state index in [0.29, 0.717) is 29.1 Å². The minimum absolute atomic E-state index is 0.0241. The number of fused-ring (bicyclic) bond motifs is 1. The first-order valence-electron chi connectivity index (χ1n) is 11.4. The van der Waals surface area contributed by atoms with E-state index in [0.717, 1.165) is 5.31 Å². The van der Waals surface area contributed by atoms with Crippen molar-refractivity contribution in [2.24, 2.45) is 5.72 Å². The minimum atomic E-state index is -2.01. The van der Waals surface area contributed by atoms with Gasteiger partial charge < -0.3 is 20.9 Å². The molecule has 1 aliphatic rings. The fraction of sp³-hybridized carbons (Fsp3) is 0.368. The highest BCUT2D eigenvalue weighted by Crippen LogP contribution is 2.26. The van der Waals surface area contributed by atoms with Gasteiger partial charge in [0.15, 0.2) is 7.23 Å². The van der Waals surface area contributed by atoms with Gasteiger partial charge in [-0.15, -0.1) is 0 Å². The number of aromatic nitrogens is 3. The van der Waals surface area contributed by atoms with Crippen LogP contribution in [-0.2, 0) is 6.50 Å². The van der Waals surface area contributed by atoms with E-state index >= 15 is 0 Å². The van der Waals surface area contributed by atoms with Crippen LogP contribution < -0.4 is 15.8 Å². The molecule has 4 rings (SSSR count). The molecule has 8 nitrogen and oxygen atoms in total. The second-order valence-electron chi connectivity index (χ2n) is 6.37. The number of ether oxygens (including phenoxy) is 1. The van der Waals surface area contributed by atoms with Crippen LogP contribution in [0.1, 0.15) is 14.7 Å². The van der Waals surface area contributed by atoms with Crippen molar-refractivity contribution in [3.63, 3.8) is 0 Å². The van der Waals surface area contributed by atoms with E-state index in [4.69, 9.17) is 18.3 Å². The molecule has 2 atom stereocenters. The van der Waals surface area contributed by atoms with E-state index in [-0.39, 0.29) is 24.5 Å². The van der Waals surface area contributed by atoms with E-state index in [9.17, 15) is 0 Å². The van der Waals surface area contributed by atoms with Gasteiger partial charge in [0.25, 0.3) is 0 Å². The van der Waals surface area contributed by atoms with E-state index in [2.05, 4.69) is 10.1 Å². The van der Waals surface area contributed by atoms with Gasteiger partial charge in [-0.05, 0) is 30.2 Å². The summed E-state index contributed by atoms with van der Waals surface area (Å²) in [6, 6.07) is 7.88. The molecule has 0 amide bonds. The monoisotopic (exact) mass is 374 g/mol. The Balaban J connectivity index is 1.73. The van der Waals surface area contributed by atoms with Crippen LogP contribution in [0.4, 0.5) is 11.5 Å². The van der Waals surface area contributed by atoms with E-state index in [1.807, 2.05) is 0 Å². The predicted molar refractivity (Wildman–Crippen MR) is 103 cm³/mol. The summed E-state index contributed by atoms with van der Waals surface area (Å²) < 4.78 is 55.6. The smallest absolute Gasteiger partial charge is 0.211 e. The highest BCUT2D eigenvalue weighted by molar-refractivity contribution is 5.76. The molecule has 0 aliphatic carbocycles. The molecule has 1 saturated heterocycles. The number of anilines is 2. The number of rotatable bonds is 7. The van der Waals surface area contributed by atoms with Crippen LogP contribution in [-0.4, -0.2) is 58.4 Å². The molecule has 8 heteroatoms. The Labute approximate surface area is 166 Å². The lowest BCUT2D eigenvalue weighted by molar-refractivity contribution is 0.0501. The number of aliphatic hydroxyl groups excluding tert-OH is 1. The third-order valence-electron chi connectivity index (χ3n) is 4.53. The van der Waals surface area contributed by atoms with Crippen LogP contribution in [0.5, 0.6) is 5.75 Å². The van der Waals surface area contributed by atoms with Crippen LogP contribution in [0.15, 0.2) is 42.9 Å². The number of β-amino-alcohol motifs (C(OH)–C–C–N with tert-alkyl or cyclic N) is 1. The van der Waals surface area contributed by atoms with Gasteiger partial charge in [-0.3, -0.25) is 4.90 Å². The molecular weight excluding hydrogens is 344 g/mol. The van der Waals surface area contributed by atoms with Gasteiger partial charge in [0, 0.05) is 46.3 Å². The minimum Gasteiger partial charge on any atom is -0.497 e. The number of methoxy groups -OCH3 is 1. The number of likely N-dealkylation sites (tertiary alicyclic amines) is 1. The number of nitrogens with two attached hydrogens (primary N) is 1. The normalized spacial score (nSPS) is 24.5. The second kappa shape index (κ2) is 7.51. The zero-order chi connectivity index (χ0) is 23.8. The molecule has 0 unspecified atom stereocenters. The number of nitrogens with zero attached hydrogens (tertiary/aromatic N) is 4. The Kier molecular flexibility index (Phi) is 3.32. The van der Waals surface area contributed by atoms with Gasteiger partial charge in [-0.2, -0.15) is 5.10 Å². The zero-order valence-electron chi connectivity index (χ0n) is 20.8. The summed E-state index contributed by atoms with van der Waals surface area (Å²) in [6.45, 7) is -1.73. The fourth-order valence-electron chi connectivity index (χ4n) is 3.09. The summed E-state index contributed by atoms with van der Waals surface area (Å²) in [5.74, 6) is 0.761. The molecule has 142 valence electrons. The summed E-state index contributed by atoms with van der Waals surface area (Å²) in [6.07, 6.45) is 2.38. The first-order valence-corrected chi connectivity index (χ1v) is 8.67. The molecule has 0 spiro atoms. The first kappa shape index (κ1) is 11.9. The number of hydrogen-bond acceptors (Lipinski definition) is 7. The molecule has 1 aliphatic heterocycles. The highest BCUT2D eigenvalue weighted by atomic mass is 16.5. The van der Waals surface area contributed by atoms with Crippen LogP contribution in [0.2, 0.25) is 4.24 Å². The van der Waals surface area contributed by atoms with Crippen LogP contribution in [0.25, 0.3) is 5.52 Å². The largest absolute Gasteiger partial charge is 0.497 e. The fourth-order valence-corrected chi connectivity index (χ4v) is 3.09. The van der Waals surface area contributed by atoms with Crippen molar-refractivity contribution in [3.05, 3.63) is 48.4 Å². The third-order valence-corrected chi connectivity index (χ3v) is 4.53. The molecular formula is C19H24N6O2. The van der Waals surface area contributed by atoms with Gasteiger partial charge in [-0.1, -0.05) is 6.07 Å². The predicted octanol–water partition coefficient (Wildman–Crippen LogP) is 1.38. The maximum Gasteiger partial charge on any atom is 0.211 e. The number of piperidine rings is 1. The van der Waals surface area contributed by atoms with Gasteiger partial charge in [0.2, 0.25) is 1.43 Å². The maximum atomic E-state index is 8.90. The number of nitrogens with one attached hydrogen (secondary N) is 1. The summed E-state index contributed by atoms with van der Waals surface area (Å²) >= 11 is 0. The standard InChI is InChI=1S/C19H24N6O2/c1-27-15-4-2-3-14(9-15)23-19-18-13(5-8-25(18)22-12-21-19)10-24-7-6-16(20)17(26)11-24/h2-5,8-9,12,16-17,26H,6-7,10-11,20H2,1H3,(H,21,22,23)/t16-,17-/m1/s1/i10D2,26D/hD3. The van der Waals surface area contributed by atoms with Crippen LogP contribution in [0.3, 0.4) is 0 Å². The Morgan fingerprint density at radius 1 is 1.56 bits per heavy atom. The van der Waals surface area contributed by atoms with Crippen molar-refractivity contribution >= 4 is 17.0 Å². The van der Waals surface area contributed by atoms with Crippen molar-refractivity contribution in [3.8, 4) is 5.75 Å². The molecule has 1 fully saturated rings. The topological polar surface area (TPSA) is 101 Å². The lowest BCUT2D eigenvalue weighted by Gasteiger charge is -2.33. The molecule has 4 N–H and O–H groups in total. The second-order valence-corrected chi connectivity index (χ2v) is 6.37. The average molecular weight is 374 g/mol. The Morgan fingerprint density at radius 3 is 3.37 bits per heavy atom. The molecule has 0 saturated carbocycles. The molecule has 1 aromatic carbocycles. The van der Waals surface area contributed by atoms with Gasteiger partial charge in [-0.25, -0.2) is 9.50 Å². The van der Waals surface area contributed by atoms with Crippen molar-refractivity contribution in [1.82, 2.24) is 19.5 Å². The van der Waals surface area contributed by atoms with Crippen LogP contribution >= 0.6 is 0 Å². The SMILES string of the molecule is [2H]O[C@@H]1CN(C([2H])([2H])c2ccn3ncnc(N([2H])c4cccc(OC)c4)c23)CC[C@H]1N([2H])[2H]. The summed E-state index contributed by atoms with van der Waals surface area (Å²) in [5, 5.41) is 9.99. The molecule has 2 aromatic heterocycles. The summed E-state index contributed by atoms with van der Waals surface area (Å²) in [5.41, 5.74) is 1.58. The lowest BCUT2D eigenvalue weighted by atomic mass is 10.0. The van der Waals surface area contributed by atoms with Crippen molar-refractivity contribution in [2.45, 2.75) is 25.1 Å². The van der Waals surface area contributed by atoms with Gasteiger partial charge >= 0.3 is 0 Å². The first-order chi connectivity index (χ1) is 15.8. The molecule has 3 heterocycles. The quantitative estimate of drug-likeness (QED) is 0.574.